The molecular weight excluding hydrogens is 267 g/mol. The molecule has 0 atom stereocenters. The molecule has 0 heterocycles. The van der Waals surface area contributed by atoms with Crippen LogP contribution in [0.5, 0.6) is 0 Å². The van der Waals surface area contributed by atoms with Gasteiger partial charge in [-0.1, -0.05) is 18.2 Å². The predicted molar refractivity (Wildman–Crippen MR) is 90.2 cm³/mol. The van der Waals surface area contributed by atoms with E-state index < -0.39 is 6.67 Å². The second-order valence-corrected chi connectivity index (χ2v) is 4.71. The Kier molecular flexibility index (Phi) is 9.50. The number of nitrogens with one attached hydrogen (secondary N) is 1. The molecule has 0 radical (unpaired) electrons. The van der Waals surface area contributed by atoms with Crippen molar-refractivity contribution in [2.75, 3.05) is 13.2 Å². The van der Waals surface area contributed by atoms with Crippen LogP contribution >= 0.6 is 0 Å². The lowest BCUT2D eigenvalue weighted by atomic mass is 10.1. The highest BCUT2D eigenvalue weighted by Gasteiger charge is 2.00. The molecule has 0 amide bonds. The highest BCUT2D eigenvalue weighted by molar-refractivity contribution is 5.81. The summed E-state index contributed by atoms with van der Waals surface area (Å²) in [6.07, 6.45) is 6.62. The predicted octanol–water partition coefficient (Wildman–Crippen LogP) is 3.26. The summed E-state index contributed by atoms with van der Waals surface area (Å²) in [4.78, 5) is 8.18. The van der Waals surface area contributed by atoms with Gasteiger partial charge in [-0.3, -0.25) is 4.99 Å². The number of nitrogens with zero attached hydrogens (tertiary/aromatic N) is 2. The van der Waals surface area contributed by atoms with Crippen molar-refractivity contribution in [3.8, 4) is 0 Å². The lowest BCUT2D eigenvalue weighted by Gasteiger charge is -2.08. The molecule has 3 N–H and O–H groups in total. The molecule has 0 spiro atoms. The average molecular weight is 292 g/mol. The first-order chi connectivity index (χ1) is 9.92. The van der Waals surface area contributed by atoms with E-state index in [1.54, 1.807) is 31.6 Å². The van der Waals surface area contributed by atoms with Gasteiger partial charge in [0.2, 0.25) is 0 Å². The Bertz CT molecular complexity index is 492. The van der Waals surface area contributed by atoms with Gasteiger partial charge < -0.3 is 11.1 Å². The topological polar surface area (TPSA) is 62.8 Å². The zero-order chi connectivity index (χ0) is 16.3. The second kappa shape index (κ2) is 10.6. The van der Waals surface area contributed by atoms with Gasteiger partial charge in [0, 0.05) is 24.7 Å². The Balaban J connectivity index is 4.71. The fourth-order valence-corrected chi connectivity index (χ4v) is 1.13. The first-order valence-electron chi connectivity index (χ1n) is 6.71. The average Bonchev–Trinajstić information content (AvgIpc) is 2.47. The summed E-state index contributed by atoms with van der Waals surface area (Å²) in [7, 11) is 0. The van der Waals surface area contributed by atoms with Crippen LogP contribution in [0.25, 0.3) is 0 Å². The Hall–Kier alpha value is -2.17. The lowest BCUT2D eigenvalue weighted by molar-refractivity contribution is 0.540. The molecule has 116 valence electrons. The van der Waals surface area contributed by atoms with E-state index in [0.717, 1.165) is 11.1 Å². The van der Waals surface area contributed by atoms with E-state index in [4.69, 9.17) is 5.73 Å². The summed E-state index contributed by atoms with van der Waals surface area (Å²) in [6, 6.07) is 0. The van der Waals surface area contributed by atoms with Crippen LogP contribution in [0.15, 0.2) is 57.1 Å². The van der Waals surface area contributed by atoms with Gasteiger partial charge in [-0.15, -0.1) is 0 Å². The van der Waals surface area contributed by atoms with Crippen LogP contribution in [0.1, 0.15) is 27.7 Å². The molecule has 0 unspecified atom stereocenters. The largest absolute Gasteiger partial charge is 0.398 e. The van der Waals surface area contributed by atoms with Crippen LogP contribution in [0.3, 0.4) is 0 Å². The van der Waals surface area contributed by atoms with E-state index in [1.165, 1.54) is 0 Å². The minimum absolute atomic E-state index is 0.404. The van der Waals surface area contributed by atoms with Crippen molar-refractivity contribution in [3.05, 3.63) is 47.1 Å². The third-order valence-electron chi connectivity index (χ3n) is 2.63. The first-order valence-corrected chi connectivity index (χ1v) is 6.71. The molecule has 5 heteroatoms. The maximum absolute atomic E-state index is 12.8. The monoisotopic (exact) mass is 292 g/mol. The van der Waals surface area contributed by atoms with Gasteiger partial charge in [0.05, 0.1) is 6.21 Å². The number of alkyl halides is 1. The molecule has 0 saturated heterocycles. The Morgan fingerprint density at radius 1 is 1.29 bits per heavy atom. The molecule has 0 bridgehead atoms. The molecule has 4 nitrogen and oxygen atoms in total. The number of hydrogen-bond acceptors (Lipinski definition) is 4. The molecular formula is C16H25FN4. The summed E-state index contributed by atoms with van der Waals surface area (Å²) in [5, 5.41) is 3.01. The molecule has 0 aliphatic heterocycles. The van der Waals surface area contributed by atoms with E-state index in [9.17, 15) is 4.39 Å². The van der Waals surface area contributed by atoms with E-state index in [2.05, 4.69) is 21.9 Å². The highest BCUT2D eigenvalue weighted by Crippen LogP contribution is 2.03. The van der Waals surface area contributed by atoms with Crippen molar-refractivity contribution < 1.29 is 4.39 Å². The molecule has 0 aliphatic rings. The highest BCUT2D eigenvalue weighted by atomic mass is 19.1. The van der Waals surface area contributed by atoms with Crippen LogP contribution in [0.2, 0.25) is 0 Å². The molecule has 0 rings (SSSR count). The number of allylic oxidation sites excluding steroid dienone is 4. The SMILES string of the molecule is C=C(N=CC(N)=C(C)C)NCC(/C=N/C=C/C)=C(/C)CF. The molecule has 0 saturated carbocycles. The zero-order valence-corrected chi connectivity index (χ0v) is 13.3. The zero-order valence-electron chi connectivity index (χ0n) is 13.3. The summed E-state index contributed by atoms with van der Waals surface area (Å²) in [5.74, 6) is 0.461. The van der Waals surface area contributed by atoms with Gasteiger partial charge in [-0.25, -0.2) is 9.38 Å². The van der Waals surface area contributed by atoms with Crippen molar-refractivity contribution in [2.45, 2.75) is 27.7 Å². The quantitative estimate of drug-likeness (QED) is 0.674. The van der Waals surface area contributed by atoms with Crippen LogP contribution in [-0.4, -0.2) is 25.6 Å². The summed E-state index contributed by atoms with van der Waals surface area (Å²) < 4.78 is 12.8. The Labute approximate surface area is 126 Å². The van der Waals surface area contributed by atoms with Gasteiger partial charge in [0.1, 0.15) is 12.5 Å². The van der Waals surface area contributed by atoms with E-state index >= 15 is 0 Å². The van der Waals surface area contributed by atoms with Crippen molar-refractivity contribution in [1.82, 2.24) is 5.32 Å². The van der Waals surface area contributed by atoms with Crippen LogP contribution in [0, 0.1) is 0 Å². The van der Waals surface area contributed by atoms with Gasteiger partial charge in [0.25, 0.3) is 0 Å². The van der Waals surface area contributed by atoms with E-state index in [-0.39, 0.29) is 0 Å². The molecule has 0 aliphatic carbocycles. The molecule has 21 heavy (non-hydrogen) atoms. The lowest BCUT2D eigenvalue weighted by Crippen LogP contribution is -2.17. The van der Waals surface area contributed by atoms with Crippen LogP contribution < -0.4 is 11.1 Å². The molecule has 0 aromatic heterocycles. The van der Waals surface area contributed by atoms with Gasteiger partial charge in [-0.2, -0.15) is 0 Å². The second-order valence-electron chi connectivity index (χ2n) is 4.71. The van der Waals surface area contributed by atoms with Crippen molar-refractivity contribution in [1.29, 1.82) is 0 Å². The third-order valence-corrected chi connectivity index (χ3v) is 2.63. The Morgan fingerprint density at radius 2 is 1.95 bits per heavy atom. The minimum Gasteiger partial charge on any atom is -0.398 e. The van der Waals surface area contributed by atoms with Crippen molar-refractivity contribution >= 4 is 12.4 Å². The molecule has 0 aromatic rings. The van der Waals surface area contributed by atoms with E-state index in [1.807, 2.05) is 20.8 Å². The van der Waals surface area contributed by atoms with Crippen LogP contribution in [-0.2, 0) is 0 Å². The van der Waals surface area contributed by atoms with Crippen molar-refractivity contribution in [2.24, 2.45) is 15.7 Å². The van der Waals surface area contributed by atoms with Crippen molar-refractivity contribution in [3.63, 3.8) is 0 Å². The number of nitrogens with two attached hydrogens (primary N) is 1. The standard InChI is InChI=1S/C16H25FN4/c1-6-7-19-9-15(13(4)8-17)10-20-14(5)21-11-16(18)12(2)3/h6-7,9,11,20H,5,8,10,18H2,1-4H3/b7-6+,15-13-,19-9+,21-11?. The van der Waals surface area contributed by atoms with Gasteiger partial charge in [0.15, 0.2) is 0 Å². The normalized spacial score (nSPS) is 13.0. The fourth-order valence-electron chi connectivity index (χ4n) is 1.13. The first kappa shape index (κ1) is 18.8. The summed E-state index contributed by atoms with van der Waals surface area (Å²) in [5.41, 5.74) is 8.72. The van der Waals surface area contributed by atoms with E-state index in [0.29, 0.717) is 23.6 Å². The number of halogens is 1. The fraction of sp³-hybridized carbons (Fsp3) is 0.375. The minimum atomic E-state index is -0.515. The maximum atomic E-state index is 12.8. The number of hydrogen-bond donors (Lipinski definition) is 2. The maximum Gasteiger partial charge on any atom is 0.118 e. The van der Waals surface area contributed by atoms with Crippen LogP contribution in [0.4, 0.5) is 4.39 Å². The Morgan fingerprint density at radius 3 is 2.48 bits per heavy atom. The molecule has 0 fully saturated rings. The van der Waals surface area contributed by atoms with Gasteiger partial charge >= 0.3 is 0 Å². The number of rotatable bonds is 8. The summed E-state index contributed by atoms with van der Waals surface area (Å²) in [6.45, 7) is 11.1. The smallest absolute Gasteiger partial charge is 0.118 e. The third kappa shape index (κ3) is 8.57. The van der Waals surface area contributed by atoms with Gasteiger partial charge in [-0.05, 0) is 38.8 Å². The summed E-state index contributed by atoms with van der Waals surface area (Å²) >= 11 is 0. The number of aliphatic imine (C=N–C) groups is 2. The molecule has 0 aromatic carbocycles.